The second kappa shape index (κ2) is 7.04. The van der Waals surface area contributed by atoms with Gasteiger partial charge in [-0.15, -0.1) is 0 Å². The predicted molar refractivity (Wildman–Crippen MR) is 75.2 cm³/mol. The summed E-state index contributed by atoms with van der Waals surface area (Å²) in [6.07, 6.45) is 2.03. The number of carboxylic acid groups (broad SMARTS) is 1. The average Bonchev–Trinajstić information content (AvgIpc) is 2.84. The molecular formula is C14H26N2O4. The van der Waals surface area contributed by atoms with Crippen molar-refractivity contribution in [1.29, 1.82) is 0 Å². The van der Waals surface area contributed by atoms with Gasteiger partial charge in [0.15, 0.2) is 0 Å². The largest absolute Gasteiger partial charge is 0.481 e. The molecule has 0 radical (unpaired) electrons. The molecule has 0 aromatic heterocycles. The number of aliphatic carboxylic acids is 1. The van der Waals surface area contributed by atoms with Crippen LogP contribution in [0.4, 0.5) is 0 Å². The van der Waals surface area contributed by atoms with Crippen molar-refractivity contribution in [3.8, 4) is 0 Å². The molecule has 1 amide bonds. The van der Waals surface area contributed by atoms with Crippen molar-refractivity contribution >= 4 is 11.9 Å². The number of carbonyl (C=O) groups excluding carboxylic acids is 1. The van der Waals surface area contributed by atoms with Gasteiger partial charge in [0.1, 0.15) is 5.92 Å². The van der Waals surface area contributed by atoms with Crippen molar-refractivity contribution < 1.29 is 19.4 Å². The standard InChI is InChI=1S/C14H26N2O4/c1-14(2,6-7-15)5-4-12(17)16(3)11-9-20-8-10(11)13(18)19/h10-11H,4-9,15H2,1-3H3,(H,18,19). The summed E-state index contributed by atoms with van der Waals surface area (Å²) in [5.74, 6) is -1.56. The lowest BCUT2D eigenvalue weighted by Gasteiger charge is -2.29. The molecule has 0 bridgehead atoms. The molecule has 20 heavy (non-hydrogen) atoms. The second-order valence-electron chi connectivity index (χ2n) is 6.26. The first-order valence-electron chi connectivity index (χ1n) is 7.05. The van der Waals surface area contributed by atoms with E-state index in [9.17, 15) is 9.59 Å². The van der Waals surface area contributed by atoms with Gasteiger partial charge in [0.25, 0.3) is 0 Å². The maximum atomic E-state index is 12.2. The van der Waals surface area contributed by atoms with Gasteiger partial charge < -0.3 is 20.5 Å². The fourth-order valence-electron chi connectivity index (χ4n) is 2.48. The van der Waals surface area contributed by atoms with E-state index >= 15 is 0 Å². The van der Waals surface area contributed by atoms with Crippen LogP contribution in [0.1, 0.15) is 33.1 Å². The molecule has 0 aromatic carbocycles. The summed E-state index contributed by atoms with van der Waals surface area (Å²) >= 11 is 0. The van der Waals surface area contributed by atoms with Gasteiger partial charge >= 0.3 is 5.97 Å². The van der Waals surface area contributed by atoms with E-state index in [0.717, 1.165) is 12.8 Å². The Morgan fingerprint density at radius 3 is 2.55 bits per heavy atom. The molecule has 1 heterocycles. The quantitative estimate of drug-likeness (QED) is 0.718. The fraction of sp³-hybridized carbons (Fsp3) is 0.857. The molecule has 1 aliphatic rings. The number of amides is 1. The molecule has 0 spiro atoms. The van der Waals surface area contributed by atoms with Gasteiger partial charge in [0.2, 0.25) is 5.91 Å². The summed E-state index contributed by atoms with van der Waals surface area (Å²) in [7, 11) is 1.66. The summed E-state index contributed by atoms with van der Waals surface area (Å²) in [5, 5.41) is 9.11. The first-order chi connectivity index (χ1) is 9.28. The average molecular weight is 286 g/mol. The zero-order valence-corrected chi connectivity index (χ0v) is 12.6. The molecule has 3 N–H and O–H groups in total. The van der Waals surface area contributed by atoms with Crippen LogP contribution < -0.4 is 5.73 Å². The van der Waals surface area contributed by atoms with Gasteiger partial charge in [0, 0.05) is 13.5 Å². The van der Waals surface area contributed by atoms with Crippen molar-refractivity contribution in [1.82, 2.24) is 4.90 Å². The van der Waals surface area contributed by atoms with Crippen LogP contribution in [-0.4, -0.2) is 54.7 Å². The van der Waals surface area contributed by atoms with E-state index in [2.05, 4.69) is 13.8 Å². The first kappa shape index (κ1) is 16.9. The van der Waals surface area contributed by atoms with Crippen molar-refractivity contribution in [3.05, 3.63) is 0 Å². The van der Waals surface area contributed by atoms with Crippen LogP contribution in [-0.2, 0) is 14.3 Å². The Labute approximate surface area is 120 Å². The number of nitrogens with two attached hydrogens (primary N) is 1. The van der Waals surface area contributed by atoms with Crippen LogP contribution in [0.25, 0.3) is 0 Å². The van der Waals surface area contributed by atoms with Crippen LogP contribution in [0.5, 0.6) is 0 Å². The Morgan fingerprint density at radius 1 is 1.35 bits per heavy atom. The monoisotopic (exact) mass is 286 g/mol. The van der Waals surface area contributed by atoms with Gasteiger partial charge in [-0.3, -0.25) is 9.59 Å². The number of likely N-dealkylation sites (N-methyl/N-ethyl adjacent to an activating group) is 1. The normalized spacial score (nSPS) is 22.8. The van der Waals surface area contributed by atoms with Gasteiger partial charge in [-0.05, 0) is 24.8 Å². The van der Waals surface area contributed by atoms with Crippen LogP contribution in [0.2, 0.25) is 0 Å². The maximum absolute atomic E-state index is 12.2. The number of hydrogen-bond acceptors (Lipinski definition) is 4. The third-order valence-corrected chi connectivity index (χ3v) is 4.10. The smallest absolute Gasteiger partial charge is 0.311 e. The molecule has 116 valence electrons. The van der Waals surface area contributed by atoms with Gasteiger partial charge in [-0.1, -0.05) is 13.8 Å². The number of hydrogen-bond donors (Lipinski definition) is 2. The van der Waals surface area contributed by atoms with Crippen LogP contribution in [0, 0.1) is 11.3 Å². The summed E-state index contributed by atoms with van der Waals surface area (Å²) < 4.78 is 5.20. The molecule has 1 saturated heterocycles. The number of carboxylic acids is 1. The van der Waals surface area contributed by atoms with Crippen molar-refractivity contribution in [2.75, 3.05) is 26.8 Å². The Bertz CT molecular complexity index is 357. The zero-order valence-electron chi connectivity index (χ0n) is 12.6. The number of carbonyl (C=O) groups is 2. The third kappa shape index (κ3) is 4.45. The topological polar surface area (TPSA) is 92.9 Å². The predicted octanol–water partition coefficient (Wildman–Crippen LogP) is 0.700. The van der Waals surface area contributed by atoms with Crippen LogP contribution >= 0.6 is 0 Å². The number of ether oxygens (including phenoxy) is 1. The molecular weight excluding hydrogens is 260 g/mol. The molecule has 0 aliphatic carbocycles. The minimum atomic E-state index is -0.907. The van der Waals surface area contributed by atoms with E-state index in [-0.39, 0.29) is 24.0 Å². The highest BCUT2D eigenvalue weighted by Gasteiger charge is 2.38. The summed E-state index contributed by atoms with van der Waals surface area (Å²) in [4.78, 5) is 24.8. The lowest BCUT2D eigenvalue weighted by Crippen LogP contribution is -2.44. The molecule has 1 rings (SSSR count). The number of rotatable bonds is 7. The van der Waals surface area contributed by atoms with Gasteiger partial charge in [-0.2, -0.15) is 0 Å². The second-order valence-corrected chi connectivity index (χ2v) is 6.26. The SMILES string of the molecule is CN(C(=O)CCC(C)(C)CCN)C1COCC1C(=O)O. The highest BCUT2D eigenvalue weighted by molar-refractivity contribution is 5.78. The van der Waals surface area contributed by atoms with E-state index in [0.29, 0.717) is 19.6 Å². The molecule has 0 aromatic rings. The van der Waals surface area contributed by atoms with Crippen molar-refractivity contribution in [3.63, 3.8) is 0 Å². The Kier molecular flexibility index (Phi) is 5.95. The van der Waals surface area contributed by atoms with E-state index in [1.54, 1.807) is 7.05 Å². The lowest BCUT2D eigenvalue weighted by atomic mass is 9.84. The third-order valence-electron chi connectivity index (χ3n) is 4.10. The summed E-state index contributed by atoms with van der Waals surface area (Å²) in [5.41, 5.74) is 5.59. The van der Waals surface area contributed by atoms with E-state index < -0.39 is 11.9 Å². The number of nitrogens with zero attached hydrogens (tertiary/aromatic N) is 1. The zero-order chi connectivity index (χ0) is 15.3. The molecule has 0 saturated carbocycles. The van der Waals surface area contributed by atoms with Crippen LogP contribution in [0.15, 0.2) is 0 Å². The Balaban J connectivity index is 2.52. The van der Waals surface area contributed by atoms with Crippen molar-refractivity contribution in [2.24, 2.45) is 17.1 Å². The highest BCUT2D eigenvalue weighted by Crippen LogP contribution is 2.27. The fourth-order valence-corrected chi connectivity index (χ4v) is 2.48. The Hall–Kier alpha value is -1.14. The maximum Gasteiger partial charge on any atom is 0.311 e. The Morgan fingerprint density at radius 2 is 2.00 bits per heavy atom. The minimum absolute atomic E-state index is 0.0307. The lowest BCUT2D eigenvalue weighted by molar-refractivity contribution is -0.144. The molecule has 6 nitrogen and oxygen atoms in total. The van der Waals surface area contributed by atoms with Gasteiger partial charge in [-0.25, -0.2) is 0 Å². The van der Waals surface area contributed by atoms with E-state index in [1.807, 2.05) is 0 Å². The summed E-state index contributed by atoms with van der Waals surface area (Å²) in [6, 6.07) is -0.363. The van der Waals surface area contributed by atoms with E-state index in [4.69, 9.17) is 15.6 Å². The van der Waals surface area contributed by atoms with E-state index in [1.165, 1.54) is 4.90 Å². The minimum Gasteiger partial charge on any atom is -0.481 e. The van der Waals surface area contributed by atoms with Gasteiger partial charge in [0.05, 0.1) is 19.3 Å². The molecule has 1 aliphatic heterocycles. The highest BCUT2D eigenvalue weighted by atomic mass is 16.5. The molecule has 6 heteroatoms. The summed E-state index contributed by atoms with van der Waals surface area (Å²) in [6.45, 7) is 5.26. The van der Waals surface area contributed by atoms with Crippen LogP contribution in [0.3, 0.4) is 0 Å². The molecule has 2 unspecified atom stereocenters. The molecule has 1 fully saturated rings. The molecule has 2 atom stereocenters. The first-order valence-corrected chi connectivity index (χ1v) is 7.05. The van der Waals surface area contributed by atoms with Crippen molar-refractivity contribution in [2.45, 2.75) is 39.2 Å².